The molecule has 1 aromatic carbocycles. The first-order valence-electron chi connectivity index (χ1n) is 6.68. The van der Waals surface area contributed by atoms with Gasteiger partial charge < -0.3 is 10.1 Å². The summed E-state index contributed by atoms with van der Waals surface area (Å²) in [6, 6.07) is 6.31. The van der Waals surface area contributed by atoms with Crippen LogP contribution in [0.5, 0.6) is 5.75 Å². The van der Waals surface area contributed by atoms with Crippen molar-refractivity contribution in [3.05, 3.63) is 46.2 Å². The Bertz CT molecular complexity index is 568. The number of benzene rings is 1. The van der Waals surface area contributed by atoms with E-state index in [2.05, 4.69) is 45.5 Å². The molecule has 4 nitrogen and oxygen atoms in total. The minimum atomic E-state index is 0.247. The van der Waals surface area contributed by atoms with Crippen LogP contribution in [0.2, 0.25) is 0 Å². The largest absolute Gasteiger partial charge is 0.497 e. The van der Waals surface area contributed by atoms with Crippen LogP contribution in [0.3, 0.4) is 0 Å². The van der Waals surface area contributed by atoms with E-state index in [4.69, 9.17) is 4.74 Å². The molecule has 0 spiro atoms. The lowest BCUT2D eigenvalue weighted by atomic mass is 10.0. The first-order valence-corrected chi connectivity index (χ1v) is 7.47. The zero-order valence-electron chi connectivity index (χ0n) is 12.1. The fraction of sp³-hybridized carbons (Fsp3) is 0.400. The van der Waals surface area contributed by atoms with Crippen molar-refractivity contribution in [1.29, 1.82) is 0 Å². The Morgan fingerprint density at radius 1 is 1.45 bits per heavy atom. The summed E-state index contributed by atoms with van der Waals surface area (Å²) < 4.78 is 8.24. The van der Waals surface area contributed by atoms with Crippen LogP contribution in [-0.4, -0.2) is 23.4 Å². The highest BCUT2D eigenvalue weighted by Gasteiger charge is 2.15. The molecule has 0 saturated heterocycles. The molecule has 0 fully saturated rings. The normalized spacial score (nSPS) is 12.4. The van der Waals surface area contributed by atoms with Crippen molar-refractivity contribution in [2.75, 3.05) is 13.7 Å². The van der Waals surface area contributed by atoms with Gasteiger partial charge in [0.1, 0.15) is 5.75 Å². The van der Waals surface area contributed by atoms with Crippen LogP contribution in [-0.2, 0) is 13.5 Å². The molecule has 0 amide bonds. The maximum atomic E-state index is 5.30. The Hall–Kier alpha value is -1.33. The standard InChI is InChI=1S/C15H20BrN3O/c1-4-17-15(12-9-18-19(2)10-12)8-11-7-13(20-3)5-6-14(11)16/h5-7,9-10,15,17H,4,8H2,1-3H3. The number of halogens is 1. The first kappa shape index (κ1) is 15.1. The molecule has 0 aliphatic carbocycles. The molecular weight excluding hydrogens is 318 g/mol. The van der Waals surface area contributed by atoms with Gasteiger partial charge >= 0.3 is 0 Å². The van der Waals surface area contributed by atoms with E-state index in [0.29, 0.717) is 0 Å². The van der Waals surface area contributed by atoms with Crippen molar-refractivity contribution in [1.82, 2.24) is 15.1 Å². The topological polar surface area (TPSA) is 39.1 Å². The van der Waals surface area contributed by atoms with Crippen LogP contribution in [0, 0.1) is 0 Å². The molecule has 1 atom stereocenters. The van der Waals surface area contributed by atoms with E-state index in [-0.39, 0.29) is 6.04 Å². The molecule has 0 aliphatic rings. The number of nitrogens with zero attached hydrogens (tertiary/aromatic N) is 2. The van der Waals surface area contributed by atoms with E-state index < -0.39 is 0 Å². The average Bonchev–Trinajstić information content (AvgIpc) is 2.87. The first-order chi connectivity index (χ1) is 9.63. The molecule has 1 heterocycles. The van der Waals surface area contributed by atoms with Crippen molar-refractivity contribution in [3.63, 3.8) is 0 Å². The molecule has 0 bridgehead atoms. The molecule has 108 valence electrons. The molecule has 0 radical (unpaired) electrons. The number of nitrogens with one attached hydrogen (secondary N) is 1. The number of hydrogen-bond donors (Lipinski definition) is 1. The molecule has 0 aliphatic heterocycles. The van der Waals surface area contributed by atoms with E-state index in [1.165, 1.54) is 11.1 Å². The van der Waals surface area contributed by atoms with Crippen LogP contribution in [0.4, 0.5) is 0 Å². The van der Waals surface area contributed by atoms with Gasteiger partial charge in [-0.2, -0.15) is 5.10 Å². The number of aryl methyl sites for hydroxylation is 1. The monoisotopic (exact) mass is 337 g/mol. The number of ether oxygens (including phenoxy) is 1. The average molecular weight is 338 g/mol. The van der Waals surface area contributed by atoms with E-state index in [9.17, 15) is 0 Å². The van der Waals surface area contributed by atoms with Crippen molar-refractivity contribution < 1.29 is 4.74 Å². The summed E-state index contributed by atoms with van der Waals surface area (Å²) >= 11 is 3.61. The highest BCUT2D eigenvalue weighted by Crippen LogP contribution is 2.27. The summed E-state index contributed by atoms with van der Waals surface area (Å²) in [5.41, 5.74) is 2.42. The second-order valence-corrected chi connectivity index (χ2v) is 5.57. The van der Waals surface area contributed by atoms with E-state index in [1.807, 2.05) is 30.1 Å². The van der Waals surface area contributed by atoms with Crippen LogP contribution in [0.15, 0.2) is 35.1 Å². The van der Waals surface area contributed by atoms with Gasteiger partial charge in [0.15, 0.2) is 0 Å². The smallest absolute Gasteiger partial charge is 0.119 e. The Labute approximate surface area is 128 Å². The molecule has 2 aromatic rings. The maximum Gasteiger partial charge on any atom is 0.119 e. The highest BCUT2D eigenvalue weighted by atomic mass is 79.9. The third-order valence-corrected chi connectivity index (χ3v) is 4.03. The van der Waals surface area contributed by atoms with Crippen molar-refractivity contribution >= 4 is 15.9 Å². The SMILES string of the molecule is CCNC(Cc1cc(OC)ccc1Br)c1cnn(C)c1. The summed E-state index contributed by atoms with van der Waals surface area (Å²) in [5.74, 6) is 0.879. The lowest BCUT2D eigenvalue weighted by Crippen LogP contribution is -2.22. The summed E-state index contributed by atoms with van der Waals surface area (Å²) in [5, 5.41) is 7.77. The summed E-state index contributed by atoms with van der Waals surface area (Å²) in [4.78, 5) is 0. The zero-order valence-corrected chi connectivity index (χ0v) is 13.6. The molecule has 1 aromatic heterocycles. The van der Waals surface area contributed by atoms with Gasteiger partial charge in [0, 0.05) is 29.3 Å². The fourth-order valence-corrected chi connectivity index (χ4v) is 2.64. The quantitative estimate of drug-likeness (QED) is 0.880. The lowest BCUT2D eigenvalue weighted by molar-refractivity contribution is 0.413. The van der Waals surface area contributed by atoms with Gasteiger partial charge in [-0.05, 0) is 36.7 Å². The predicted molar refractivity (Wildman–Crippen MR) is 84.0 cm³/mol. The Balaban J connectivity index is 2.23. The number of methoxy groups -OCH3 is 1. The number of rotatable bonds is 6. The van der Waals surface area contributed by atoms with Crippen molar-refractivity contribution in [2.45, 2.75) is 19.4 Å². The zero-order chi connectivity index (χ0) is 14.5. The molecule has 1 N–H and O–H groups in total. The van der Waals surface area contributed by atoms with Gasteiger partial charge in [-0.25, -0.2) is 0 Å². The number of hydrogen-bond acceptors (Lipinski definition) is 3. The third kappa shape index (κ3) is 3.61. The van der Waals surface area contributed by atoms with Gasteiger partial charge in [0.25, 0.3) is 0 Å². The second-order valence-electron chi connectivity index (χ2n) is 4.72. The van der Waals surface area contributed by atoms with Crippen LogP contribution in [0.1, 0.15) is 24.1 Å². The van der Waals surface area contributed by atoms with Crippen LogP contribution >= 0.6 is 15.9 Å². The minimum Gasteiger partial charge on any atom is -0.497 e. The molecule has 20 heavy (non-hydrogen) atoms. The Morgan fingerprint density at radius 3 is 2.85 bits per heavy atom. The van der Waals surface area contributed by atoms with Crippen molar-refractivity contribution in [2.24, 2.45) is 7.05 Å². The molecule has 0 saturated carbocycles. The highest BCUT2D eigenvalue weighted by molar-refractivity contribution is 9.10. The number of likely N-dealkylation sites (N-methyl/N-ethyl adjacent to an activating group) is 1. The molecule has 1 unspecified atom stereocenters. The fourth-order valence-electron chi connectivity index (χ4n) is 2.23. The summed E-state index contributed by atoms with van der Waals surface area (Å²) in [7, 11) is 3.63. The van der Waals surface area contributed by atoms with Gasteiger partial charge in [0.05, 0.1) is 13.3 Å². The third-order valence-electron chi connectivity index (χ3n) is 3.25. The second kappa shape index (κ2) is 6.90. The molecular formula is C15H20BrN3O. The molecule has 5 heteroatoms. The van der Waals surface area contributed by atoms with E-state index in [0.717, 1.165) is 23.2 Å². The van der Waals surface area contributed by atoms with Gasteiger partial charge in [-0.3, -0.25) is 4.68 Å². The molecule has 2 rings (SSSR count). The minimum absolute atomic E-state index is 0.247. The summed E-state index contributed by atoms with van der Waals surface area (Å²) in [6.07, 6.45) is 4.86. The lowest BCUT2D eigenvalue weighted by Gasteiger charge is -2.18. The van der Waals surface area contributed by atoms with Crippen LogP contribution < -0.4 is 10.1 Å². The van der Waals surface area contributed by atoms with Crippen LogP contribution in [0.25, 0.3) is 0 Å². The Morgan fingerprint density at radius 2 is 2.25 bits per heavy atom. The van der Waals surface area contributed by atoms with Gasteiger partial charge in [-0.15, -0.1) is 0 Å². The van der Waals surface area contributed by atoms with Gasteiger partial charge in [0.2, 0.25) is 0 Å². The van der Waals surface area contributed by atoms with E-state index in [1.54, 1.807) is 7.11 Å². The van der Waals surface area contributed by atoms with Gasteiger partial charge in [-0.1, -0.05) is 22.9 Å². The van der Waals surface area contributed by atoms with Crippen molar-refractivity contribution in [3.8, 4) is 5.75 Å². The summed E-state index contributed by atoms with van der Waals surface area (Å²) in [6.45, 7) is 3.03. The van der Waals surface area contributed by atoms with E-state index >= 15 is 0 Å². The number of aromatic nitrogens is 2. The Kier molecular flexibility index (Phi) is 5.20. The predicted octanol–water partition coefficient (Wildman–Crippen LogP) is 3.08. The maximum absolute atomic E-state index is 5.30.